The van der Waals surface area contributed by atoms with Gasteiger partial charge in [0.05, 0.1) is 6.61 Å². The first kappa shape index (κ1) is 16.4. The monoisotopic (exact) mass is 300 g/mol. The minimum atomic E-state index is -2.10. The molecule has 0 aliphatic rings. The number of carbonyl (C=O) groups is 3. The SMILES string of the molecule is CCOC(=O)C(/C=C/C(=O)C(Cl)(Cl)Cl)C(C)=O. The number of hydrogen-bond donors (Lipinski definition) is 0. The molecule has 0 amide bonds. The van der Waals surface area contributed by atoms with E-state index in [0.717, 1.165) is 12.2 Å². The molecule has 17 heavy (non-hydrogen) atoms. The summed E-state index contributed by atoms with van der Waals surface area (Å²) in [5, 5.41) is 0. The maximum absolute atomic E-state index is 11.3. The first-order valence-corrected chi connectivity index (χ1v) is 5.80. The van der Waals surface area contributed by atoms with Gasteiger partial charge in [0.2, 0.25) is 5.78 Å². The van der Waals surface area contributed by atoms with Gasteiger partial charge in [-0.2, -0.15) is 0 Å². The molecular weight excluding hydrogens is 290 g/mol. The van der Waals surface area contributed by atoms with Crippen LogP contribution >= 0.6 is 34.8 Å². The van der Waals surface area contributed by atoms with Gasteiger partial charge in [-0.1, -0.05) is 40.9 Å². The highest BCUT2D eigenvalue weighted by molar-refractivity contribution is 6.77. The van der Waals surface area contributed by atoms with E-state index in [1.54, 1.807) is 6.92 Å². The van der Waals surface area contributed by atoms with Gasteiger partial charge < -0.3 is 4.74 Å². The molecule has 0 fully saturated rings. The van der Waals surface area contributed by atoms with E-state index in [1.807, 2.05) is 0 Å². The Labute approximate surface area is 114 Å². The Morgan fingerprint density at radius 3 is 2.18 bits per heavy atom. The molecule has 0 bridgehead atoms. The van der Waals surface area contributed by atoms with Crippen molar-refractivity contribution in [2.45, 2.75) is 17.6 Å². The van der Waals surface area contributed by atoms with Gasteiger partial charge >= 0.3 is 5.97 Å². The predicted octanol–water partition coefficient (Wildman–Crippen LogP) is 2.25. The van der Waals surface area contributed by atoms with Crippen molar-refractivity contribution in [1.29, 1.82) is 0 Å². The summed E-state index contributed by atoms with van der Waals surface area (Å²) < 4.78 is 2.56. The molecule has 1 atom stereocenters. The highest BCUT2D eigenvalue weighted by atomic mass is 35.6. The van der Waals surface area contributed by atoms with E-state index >= 15 is 0 Å². The smallest absolute Gasteiger partial charge is 0.320 e. The van der Waals surface area contributed by atoms with E-state index < -0.39 is 27.2 Å². The number of carbonyl (C=O) groups excluding carboxylic acids is 3. The number of ketones is 2. The number of rotatable bonds is 5. The number of allylic oxidation sites excluding steroid dienone is 1. The van der Waals surface area contributed by atoms with Crippen molar-refractivity contribution in [2.75, 3.05) is 6.61 Å². The lowest BCUT2D eigenvalue weighted by Crippen LogP contribution is -2.23. The second kappa shape index (κ2) is 6.99. The molecule has 1 unspecified atom stereocenters. The third kappa shape index (κ3) is 6.05. The molecular formula is C10H11Cl3O4. The van der Waals surface area contributed by atoms with Crippen molar-refractivity contribution in [1.82, 2.24) is 0 Å². The largest absolute Gasteiger partial charge is 0.465 e. The molecule has 0 aliphatic heterocycles. The second-order valence-electron chi connectivity index (χ2n) is 3.06. The fraction of sp³-hybridized carbons (Fsp3) is 0.500. The fourth-order valence-corrected chi connectivity index (χ4v) is 1.08. The van der Waals surface area contributed by atoms with Crippen molar-refractivity contribution >= 4 is 52.3 Å². The van der Waals surface area contributed by atoms with Crippen LogP contribution in [-0.4, -0.2) is 27.9 Å². The van der Waals surface area contributed by atoms with Crippen molar-refractivity contribution in [3.63, 3.8) is 0 Å². The molecule has 0 aromatic rings. The van der Waals surface area contributed by atoms with Crippen molar-refractivity contribution < 1.29 is 19.1 Å². The zero-order chi connectivity index (χ0) is 13.6. The molecule has 0 saturated heterocycles. The molecule has 0 spiro atoms. The Bertz CT molecular complexity index is 344. The van der Waals surface area contributed by atoms with Gasteiger partial charge in [0.25, 0.3) is 3.79 Å². The zero-order valence-corrected chi connectivity index (χ0v) is 11.5. The molecule has 0 aliphatic carbocycles. The second-order valence-corrected chi connectivity index (χ2v) is 5.34. The Hall–Kier alpha value is -0.580. The summed E-state index contributed by atoms with van der Waals surface area (Å²) in [7, 11) is 0. The van der Waals surface area contributed by atoms with Gasteiger partial charge in [-0.25, -0.2) is 0 Å². The number of hydrogen-bond acceptors (Lipinski definition) is 4. The first-order valence-electron chi connectivity index (χ1n) is 4.66. The van der Waals surface area contributed by atoms with Crippen LogP contribution in [0.4, 0.5) is 0 Å². The van der Waals surface area contributed by atoms with Gasteiger partial charge in [0.1, 0.15) is 11.7 Å². The highest BCUT2D eigenvalue weighted by Crippen LogP contribution is 2.27. The number of alkyl halides is 3. The molecule has 0 N–H and O–H groups in total. The Kier molecular flexibility index (Phi) is 6.75. The molecule has 0 saturated carbocycles. The van der Waals surface area contributed by atoms with E-state index in [9.17, 15) is 14.4 Å². The first-order chi connectivity index (χ1) is 7.70. The topological polar surface area (TPSA) is 60.4 Å². The van der Waals surface area contributed by atoms with Crippen LogP contribution < -0.4 is 0 Å². The summed E-state index contributed by atoms with van der Waals surface area (Å²) in [6, 6.07) is 0. The van der Waals surface area contributed by atoms with Crippen LogP contribution in [0.5, 0.6) is 0 Å². The lowest BCUT2D eigenvalue weighted by molar-refractivity contribution is -0.149. The molecule has 7 heteroatoms. The molecule has 96 valence electrons. The molecule has 0 rings (SSSR count). The van der Waals surface area contributed by atoms with Crippen LogP contribution in [0, 0.1) is 5.92 Å². The molecule has 0 aromatic heterocycles. The van der Waals surface area contributed by atoms with Crippen LogP contribution in [0.15, 0.2) is 12.2 Å². The van der Waals surface area contributed by atoms with Crippen molar-refractivity contribution in [3.05, 3.63) is 12.2 Å². The van der Waals surface area contributed by atoms with Crippen LogP contribution in [-0.2, 0) is 19.1 Å². The average Bonchev–Trinajstić information content (AvgIpc) is 2.16. The average molecular weight is 302 g/mol. The summed E-state index contributed by atoms with van der Waals surface area (Å²) in [6.07, 6.45) is 1.94. The lowest BCUT2D eigenvalue weighted by Gasteiger charge is -2.09. The van der Waals surface area contributed by atoms with Crippen molar-refractivity contribution in [3.8, 4) is 0 Å². The third-order valence-corrected chi connectivity index (χ3v) is 2.26. The van der Waals surface area contributed by atoms with E-state index in [0.29, 0.717) is 0 Å². The Morgan fingerprint density at radius 2 is 1.82 bits per heavy atom. The molecule has 0 heterocycles. The summed E-state index contributed by atoms with van der Waals surface area (Å²) in [6.45, 7) is 2.94. The number of halogens is 3. The fourth-order valence-electron chi connectivity index (χ4n) is 0.890. The van der Waals surface area contributed by atoms with E-state index in [1.165, 1.54) is 6.92 Å². The lowest BCUT2D eigenvalue weighted by atomic mass is 10.0. The van der Waals surface area contributed by atoms with E-state index in [4.69, 9.17) is 34.8 Å². The van der Waals surface area contributed by atoms with Gasteiger partial charge in [-0.15, -0.1) is 0 Å². The third-order valence-electron chi connectivity index (χ3n) is 1.70. The van der Waals surface area contributed by atoms with Gasteiger partial charge in [-0.05, 0) is 19.9 Å². The summed E-state index contributed by atoms with van der Waals surface area (Å²) in [5.41, 5.74) is 0. The minimum absolute atomic E-state index is 0.134. The quantitative estimate of drug-likeness (QED) is 0.338. The van der Waals surface area contributed by atoms with Gasteiger partial charge in [0, 0.05) is 0 Å². The van der Waals surface area contributed by atoms with Crippen LogP contribution in [0.2, 0.25) is 0 Å². The summed E-state index contributed by atoms with van der Waals surface area (Å²) >= 11 is 15.9. The number of esters is 1. The maximum Gasteiger partial charge on any atom is 0.320 e. The molecule has 0 aromatic carbocycles. The standard InChI is InChI=1S/C10H11Cl3O4/c1-3-17-9(16)7(6(2)14)4-5-8(15)10(11,12)13/h4-5,7H,3H2,1-2H3/b5-4+. The highest BCUT2D eigenvalue weighted by Gasteiger charge is 2.29. The van der Waals surface area contributed by atoms with E-state index in [-0.39, 0.29) is 6.61 Å². The van der Waals surface area contributed by atoms with Crippen LogP contribution in [0.1, 0.15) is 13.8 Å². The summed E-state index contributed by atoms with van der Waals surface area (Å²) in [4.78, 5) is 33.7. The van der Waals surface area contributed by atoms with Crippen molar-refractivity contribution in [2.24, 2.45) is 5.92 Å². The normalized spacial score (nSPS) is 13.5. The maximum atomic E-state index is 11.3. The molecule has 0 radical (unpaired) electrons. The van der Waals surface area contributed by atoms with E-state index in [2.05, 4.69) is 4.74 Å². The zero-order valence-electron chi connectivity index (χ0n) is 9.21. The predicted molar refractivity (Wildman–Crippen MR) is 65.2 cm³/mol. The van der Waals surface area contributed by atoms with Crippen LogP contribution in [0.25, 0.3) is 0 Å². The number of ether oxygens (including phenoxy) is 1. The molecule has 4 nitrogen and oxygen atoms in total. The minimum Gasteiger partial charge on any atom is -0.465 e. The Balaban J connectivity index is 4.79. The van der Waals surface area contributed by atoms with Gasteiger partial charge in [-0.3, -0.25) is 14.4 Å². The number of Topliss-reactive ketones (excluding diaryl/α,β-unsaturated/α-hetero) is 1. The van der Waals surface area contributed by atoms with Crippen LogP contribution in [0.3, 0.4) is 0 Å². The van der Waals surface area contributed by atoms with Gasteiger partial charge in [0.15, 0.2) is 0 Å². The Morgan fingerprint density at radius 1 is 1.29 bits per heavy atom. The summed E-state index contributed by atoms with van der Waals surface area (Å²) in [5.74, 6) is -3.20.